The van der Waals surface area contributed by atoms with Crippen LogP contribution in [0.5, 0.6) is 5.75 Å². The van der Waals surface area contributed by atoms with Crippen molar-refractivity contribution >= 4 is 40.1 Å². The number of aliphatic hydroxyl groups excluding tert-OH is 1. The van der Waals surface area contributed by atoms with Crippen LogP contribution in [0.3, 0.4) is 0 Å². The number of amides is 2. The van der Waals surface area contributed by atoms with Crippen molar-refractivity contribution in [1.82, 2.24) is 45.1 Å². The van der Waals surface area contributed by atoms with Crippen LogP contribution in [0.15, 0.2) is 89.2 Å². The number of aryl methyl sites for hydroxylation is 1. The summed E-state index contributed by atoms with van der Waals surface area (Å²) in [6.07, 6.45) is 5.93. The summed E-state index contributed by atoms with van der Waals surface area (Å²) < 4.78 is 8.28. The van der Waals surface area contributed by atoms with E-state index in [4.69, 9.17) is 14.5 Å². The molecule has 328 valence electrons. The standard InChI is InChI=1S/C48H50N10O5S/c1-26(2)44(47(62)57-24-34(59)17-41(57)46(61)52-27(3)29-9-11-30(12-10-29)45-28(4)51-25-64-45)43-20-36(55-63-43)32-21-49-48(50-22-32)56-16-15-31(23-56)39-19-38-40(58(39)33-13-14-33)18-37(53-54-38)35-7-5-6-8-42(35)60/h5-12,18-22,25-27,31,33-34,41,44,59-60H,13-17,23-24H2,1-4H3,(H,52,61)/t27?,31-,34-,41+,44?/m1/s1. The second-order valence-corrected chi connectivity index (χ2v) is 18.6. The number of benzene rings is 2. The van der Waals surface area contributed by atoms with Crippen LogP contribution >= 0.6 is 11.3 Å². The molecular weight excluding hydrogens is 829 g/mol. The Labute approximate surface area is 374 Å². The van der Waals surface area contributed by atoms with Gasteiger partial charge in [-0.25, -0.2) is 15.0 Å². The normalized spacial score (nSPS) is 19.8. The first-order valence-corrected chi connectivity index (χ1v) is 22.9. The summed E-state index contributed by atoms with van der Waals surface area (Å²) in [5, 5.41) is 37.7. The lowest BCUT2D eigenvalue weighted by molar-refractivity contribution is -0.141. The molecular formula is C48H50N10O5S. The average molecular weight is 879 g/mol. The van der Waals surface area contributed by atoms with Gasteiger partial charge in [-0.1, -0.05) is 55.4 Å². The van der Waals surface area contributed by atoms with Gasteiger partial charge in [-0.05, 0) is 74.4 Å². The lowest BCUT2D eigenvalue weighted by atomic mass is 9.91. The summed E-state index contributed by atoms with van der Waals surface area (Å²) in [5.41, 5.74) is 10.4. The summed E-state index contributed by atoms with van der Waals surface area (Å²) in [7, 11) is 0. The van der Waals surface area contributed by atoms with E-state index in [9.17, 15) is 19.8 Å². The van der Waals surface area contributed by atoms with Crippen LogP contribution in [0, 0.1) is 12.8 Å². The van der Waals surface area contributed by atoms with E-state index < -0.39 is 18.1 Å². The predicted octanol–water partition coefficient (Wildman–Crippen LogP) is 7.59. The smallest absolute Gasteiger partial charge is 0.243 e. The van der Waals surface area contributed by atoms with Crippen LogP contribution < -0.4 is 10.2 Å². The van der Waals surface area contributed by atoms with Crippen molar-refractivity contribution in [2.75, 3.05) is 24.5 Å². The van der Waals surface area contributed by atoms with Gasteiger partial charge >= 0.3 is 0 Å². The lowest BCUT2D eigenvalue weighted by Crippen LogP contribution is -2.48. The first kappa shape index (κ1) is 41.5. The highest BCUT2D eigenvalue weighted by Crippen LogP contribution is 2.44. The van der Waals surface area contributed by atoms with Crippen LogP contribution in [0.25, 0.3) is 44.0 Å². The van der Waals surface area contributed by atoms with E-state index in [0.29, 0.717) is 40.3 Å². The maximum Gasteiger partial charge on any atom is 0.243 e. The summed E-state index contributed by atoms with van der Waals surface area (Å²) in [6.45, 7) is 9.34. The third-order valence-electron chi connectivity index (χ3n) is 12.9. The Morgan fingerprint density at radius 1 is 0.906 bits per heavy atom. The zero-order valence-electron chi connectivity index (χ0n) is 36.1. The fourth-order valence-electron chi connectivity index (χ4n) is 9.40. The number of hydrogen-bond acceptors (Lipinski definition) is 13. The molecule has 1 saturated carbocycles. The number of carbonyl (C=O) groups is 2. The highest BCUT2D eigenvalue weighted by atomic mass is 32.1. The number of hydrogen-bond donors (Lipinski definition) is 3. The van der Waals surface area contributed by atoms with Crippen molar-refractivity contribution in [2.45, 2.75) is 89.4 Å². The molecule has 16 heteroatoms. The first-order chi connectivity index (χ1) is 31.0. The number of aliphatic hydroxyl groups is 1. The van der Waals surface area contributed by atoms with Crippen LogP contribution in [0.4, 0.5) is 5.95 Å². The third-order valence-corrected chi connectivity index (χ3v) is 13.9. The van der Waals surface area contributed by atoms with E-state index in [1.165, 1.54) is 10.6 Å². The SMILES string of the molecule is Cc1ncsc1-c1ccc(C(C)NC(=O)[C@@H]2C[C@@H](O)CN2C(=O)C(c2cc(-c3cnc(N4CC[C@@H](c5cc6nnc(-c7ccccc7O)cc6n5C5CC5)C4)nc3)no2)C(C)C)cc1. The summed E-state index contributed by atoms with van der Waals surface area (Å²) in [5.74, 6) is -0.132. The minimum absolute atomic E-state index is 0.0442. The molecule has 7 aromatic rings. The van der Waals surface area contributed by atoms with Gasteiger partial charge in [0, 0.05) is 73.3 Å². The molecule has 5 atom stereocenters. The fourth-order valence-corrected chi connectivity index (χ4v) is 10.2. The van der Waals surface area contributed by atoms with Crippen molar-refractivity contribution in [1.29, 1.82) is 0 Å². The number of thiazole rings is 1. The van der Waals surface area contributed by atoms with Gasteiger partial charge < -0.3 is 34.4 Å². The van der Waals surface area contributed by atoms with Crippen LogP contribution in [-0.2, 0) is 9.59 Å². The number of nitrogens with one attached hydrogen (secondary N) is 1. The van der Waals surface area contributed by atoms with E-state index in [1.54, 1.807) is 41.9 Å². The molecule has 15 nitrogen and oxygen atoms in total. The Kier molecular flexibility index (Phi) is 10.9. The van der Waals surface area contributed by atoms with E-state index >= 15 is 0 Å². The minimum atomic E-state index is -0.840. The summed E-state index contributed by atoms with van der Waals surface area (Å²) in [6, 6.07) is 20.5. The number of anilines is 1. The van der Waals surface area contributed by atoms with E-state index in [-0.39, 0.29) is 48.4 Å². The molecule has 0 radical (unpaired) electrons. The van der Waals surface area contributed by atoms with Gasteiger partial charge in [0.2, 0.25) is 17.8 Å². The maximum atomic E-state index is 14.3. The molecule has 3 N–H and O–H groups in total. The highest BCUT2D eigenvalue weighted by molar-refractivity contribution is 7.13. The number of likely N-dealkylation sites (tertiary alicyclic amines) is 1. The number of phenolic OH excluding ortho intramolecular Hbond substituents is 1. The number of fused-ring (bicyclic) bond motifs is 1. The molecule has 3 fully saturated rings. The van der Waals surface area contributed by atoms with Gasteiger partial charge in [0.15, 0.2) is 0 Å². The van der Waals surface area contributed by atoms with E-state index in [0.717, 1.165) is 65.1 Å². The minimum Gasteiger partial charge on any atom is -0.507 e. The van der Waals surface area contributed by atoms with Gasteiger partial charge in [0.25, 0.3) is 0 Å². The molecule has 2 saturated heterocycles. The Morgan fingerprint density at radius 3 is 2.41 bits per heavy atom. The van der Waals surface area contributed by atoms with Gasteiger partial charge in [0.05, 0.1) is 39.4 Å². The van der Waals surface area contributed by atoms with Crippen molar-refractivity contribution in [2.24, 2.45) is 5.92 Å². The Balaban J connectivity index is 0.807. The predicted molar refractivity (Wildman–Crippen MR) is 243 cm³/mol. The summed E-state index contributed by atoms with van der Waals surface area (Å²) in [4.78, 5) is 46.8. The first-order valence-electron chi connectivity index (χ1n) is 22.0. The molecule has 2 aliphatic heterocycles. The summed E-state index contributed by atoms with van der Waals surface area (Å²) >= 11 is 1.59. The van der Waals surface area contributed by atoms with Crippen molar-refractivity contribution in [3.63, 3.8) is 0 Å². The van der Waals surface area contributed by atoms with Gasteiger partial charge in [-0.2, -0.15) is 0 Å². The van der Waals surface area contributed by atoms with Gasteiger partial charge in [-0.3, -0.25) is 9.59 Å². The number of phenols is 1. The molecule has 3 aliphatic rings. The van der Waals surface area contributed by atoms with Gasteiger partial charge in [-0.15, -0.1) is 21.5 Å². The number of β-amino-alcohol motifs (C(OH)–C–C–N with tert-alkyl or cyclic N) is 1. The zero-order chi connectivity index (χ0) is 44.2. The van der Waals surface area contributed by atoms with Crippen LogP contribution in [0.2, 0.25) is 0 Å². The molecule has 7 heterocycles. The topological polar surface area (TPSA) is 189 Å². The lowest BCUT2D eigenvalue weighted by Gasteiger charge is -2.29. The van der Waals surface area contributed by atoms with Crippen LogP contribution in [0.1, 0.15) is 93.1 Å². The second-order valence-electron chi connectivity index (χ2n) is 17.7. The second kappa shape index (κ2) is 16.9. The Morgan fingerprint density at radius 2 is 1.69 bits per heavy atom. The molecule has 5 aromatic heterocycles. The quantitative estimate of drug-likeness (QED) is 0.109. The Hall–Kier alpha value is -6.52. The number of aromatic hydroxyl groups is 1. The van der Waals surface area contributed by atoms with Crippen molar-refractivity contribution in [3.05, 3.63) is 107 Å². The number of carbonyl (C=O) groups excluding carboxylic acids is 2. The Bertz CT molecular complexity index is 2830. The molecule has 0 bridgehead atoms. The number of aromatic nitrogens is 7. The van der Waals surface area contributed by atoms with Crippen molar-refractivity contribution in [3.8, 4) is 38.7 Å². The number of para-hydroxylation sites is 1. The molecule has 2 amide bonds. The largest absolute Gasteiger partial charge is 0.507 e. The average Bonchev–Trinajstić information content (AvgIpc) is 3.81. The molecule has 2 unspecified atom stereocenters. The van der Waals surface area contributed by atoms with Gasteiger partial charge in [0.1, 0.15) is 34.7 Å². The molecule has 64 heavy (non-hydrogen) atoms. The zero-order valence-corrected chi connectivity index (χ0v) is 36.9. The fraction of sp³-hybridized carbons (Fsp3) is 0.375. The number of rotatable bonds is 12. The van der Waals surface area contributed by atoms with Crippen molar-refractivity contribution < 1.29 is 24.3 Å². The highest BCUT2D eigenvalue weighted by Gasteiger charge is 2.44. The van der Waals surface area contributed by atoms with E-state index in [2.05, 4.69) is 41.2 Å². The molecule has 0 spiro atoms. The monoisotopic (exact) mass is 878 g/mol. The molecule has 10 rings (SSSR count). The van der Waals surface area contributed by atoms with Crippen LogP contribution in [-0.4, -0.2) is 93.6 Å². The van der Waals surface area contributed by atoms with E-state index in [1.807, 2.05) is 75.7 Å². The molecule has 1 aliphatic carbocycles. The third kappa shape index (κ3) is 7.89. The molecule has 2 aromatic carbocycles. The maximum absolute atomic E-state index is 14.3. The number of nitrogens with zero attached hydrogens (tertiary/aromatic N) is 9.